The molecule has 0 radical (unpaired) electrons. The van der Waals surface area contributed by atoms with Gasteiger partial charge in [-0.05, 0) is 13.8 Å². The summed E-state index contributed by atoms with van der Waals surface area (Å²) in [6.45, 7) is 4.27. The molecule has 0 aromatic heterocycles. The van der Waals surface area contributed by atoms with Crippen molar-refractivity contribution in [3.8, 4) is 0 Å². The third-order valence-corrected chi connectivity index (χ3v) is 2.39. The summed E-state index contributed by atoms with van der Waals surface area (Å²) in [6, 6.07) is 0. The monoisotopic (exact) mass is 231 g/mol. The number of rotatable bonds is 4. The third-order valence-electron chi connectivity index (χ3n) is 2.39. The lowest BCUT2D eigenvalue weighted by atomic mass is 9.94. The number of amides is 1. The van der Waals surface area contributed by atoms with Crippen molar-refractivity contribution < 1.29 is 24.2 Å². The summed E-state index contributed by atoms with van der Waals surface area (Å²) in [5, 5.41) is 11.4. The van der Waals surface area contributed by atoms with Crippen LogP contribution in [0.4, 0.5) is 0 Å². The van der Waals surface area contributed by atoms with E-state index in [0.29, 0.717) is 13.2 Å². The standard InChI is InChI=1S/C10H17NO5/c1-10(2,9(13)14)6-11-8(12)7-5-15-3-4-16-7/h7H,3-6H2,1-2H3,(H,11,12)(H,13,14). The van der Waals surface area contributed by atoms with Crippen LogP contribution in [0.25, 0.3) is 0 Å². The molecule has 1 heterocycles. The zero-order valence-corrected chi connectivity index (χ0v) is 9.49. The number of carbonyl (C=O) groups is 2. The van der Waals surface area contributed by atoms with Gasteiger partial charge < -0.3 is 19.9 Å². The van der Waals surface area contributed by atoms with Gasteiger partial charge in [-0.25, -0.2) is 0 Å². The van der Waals surface area contributed by atoms with E-state index in [1.807, 2.05) is 0 Å². The van der Waals surface area contributed by atoms with Crippen molar-refractivity contribution in [2.24, 2.45) is 5.41 Å². The van der Waals surface area contributed by atoms with Crippen LogP contribution in [0.3, 0.4) is 0 Å². The molecule has 0 aliphatic carbocycles. The largest absolute Gasteiger partial charge is 0.481 e. The van der Waals surface area contributed by atoms with Crippen molar-refractivity contribution in [1.82, 2.24) is 5.32 Å². The molecule has 6 nitrogen and oxygen atoms in total. The molecule has 2 N–H and O–H groups in total. The molecule has 1 amide bonds. The molecule has 1 aliphatic heterocycles. The summed E-state index contributed by atoms with van der Waals surface area (Å²) in [4.78, 5) is 22.4. The van der Waals surface area contributed by atoms with E-state index >= 15 is 0 Å². The fourth-order valence-corrected chi connectivity index (χ4v) is 1.14. The molecule has 1 aliphatic rings. The van der Waals surface area contributed by atoms with Gasteiger partial charge in [-0.3, -0.25) is 9.59 Å². The van der Waals surface area contributed by atoms with Gasteiger partial charge in [-0.1, -0.05) is 0 Å². The first-order valence-electron chi connectivity index (χ1n) is 5.14. The molecule has 1 atom stereocenters. The number of nitrogens with one attached hydrogen (secondary N) is 1. The Balaban J connectivity index is 2.37. The number of carboxylic acid groups (broad SMARTS) is 1. The topological polar surface area (TPSA) is 84.9 Å². The quantitative estimate of drug-likeness (QED) is 0.689. The van der Waals surface area contributed by atoms with Crippen molar-refractivity contribution in [2.75, 3.05) is 26.4 Å². The van der Waals surface area contributed by atoms with Crippen LogP contribution >= 0.6 is 0 Å². The maximum absolute atomic E-state index is 11.6. The van der Waals surface area contributed by atoms with Gasteiger partial charge in [-0.15, -0.1) is 0 Å². The summed E-state index contributed by atoms with van der Waals surface area (Å²) >= 11 is 0. The van der Waals surface area contributed by atoms with E-state index in [2.05, 4.69) is 5.32 Å². The van der Waals surface area contributed by atoms with Gasteiger partial charge in [0.1, 0.15) is 0 Å². The normalized spacial score (nSPS) is 21.5. The maximum atomic E-state index is 11.6. The number of aliphatic carboxylic acids is 1. The zero-order chi connectivity index (χ0) is 12.2. The van der Waals surface area contributed by atoms with E-state index in [-0.39, 0.29) is 19.1 Å². The molecule has 0 aromatic rings. The van der Waals surface area contributed by atoms with E-state index in [0.717, 1.165) is 0 Å². The summed E-state index contributed by atoms with van der Waals surface area (Å²) in [7, 11) is 0. The minimum Gasteiger partial charge on any atom is -0.481 e. The van der Waals surface area contributed by atoms with Gasteiger partial charge in [0.25, 0.3) is 5.91 Å². The van der Waals surface area contributed by atoms with E-state index in [4.69, 9.17) is 14.6 Å². The molecule has 1 saturated heterocycles. The van der Waals surface area contributed by atoms with Crippen molar-refractivity contribution in [1.29, 1.82) is 0 Å². The molecule has 1 fully saturated rings. The SMILES string of the molecule is CC(C)(CNC(=O)C1COCCO1)C(=O)O. The van der Waals surface area contributed by atoms with Crippen molar-refractivity contribution in [3.63, 3.8) is 0 Å². The fraction of sp³-hybridized carbons (Fsp3) is 0.800. The first-order valence-corrected chi connectivity index (χ1v) is 5.14. The van der Waals surface area contributed by atoms with Gasteiger partial charge in [0.2, 0.25) is 0 Å². The lowest BCUT2D eigenvalue weighted by molar-refractivity contribution is -0.150. The van der Waals surface area contributed by atoms with E-state index in [9.17, 15) is 9.59 Å². The lowest BCUT2D eigenvalue weighted by Crippen LogP contribution is -2.47. The minimum atomic E-state index is -0.981. The Morgan fingerprint density at radius 2 is 2.12 bits per heavy atom. The van der Waals surface area contributed by atoms with Gasteiger partial charge in [0.15, 0.2) is 6.10 Å². The molecule has 6 heteroatoms. The highest BCUT2D eigenvalue weighted by Gasteiger charge is 2.30. The maximum Gasteiger partial charge on any atom is 0.310 e. The Bertz CT molecular complexity index is 270. The highest BCUT2D eigenvalue weighted by Crippen LogP contribution is 2.13. The Morgan fingerprint density at radius 3 is 2.62 bits per heavy atom. The van der Waals surface area contributed by atoms with Gasteiger partial charge in [0, 0.05) is 6.54 Å². The number of carbonyl (C=O) groups excluding carboxylic acids is 1. The number of carboxylic acids is 1. The molecular weight excluding hydrogens is 214 g/mol. The second kappa shape index (κ2) is 5.27. The molecular formula is C10H17NO5. The van der Waals surface area contributed by atoms with Gasteiger partial charge >= 0.3 is 5.97 Å². The predicted molar refractivity (Wildman–Crippen MR) is 55.0 cm³/mol. The van der Waals surface area contributed by atoms with Crippen LogP contribution in [-0.4, -0.2) is 49.5 Å². The van der Waals surface area contributed by atoms with Crippen molar-refractivity contribution in [2.45, 2.75) is 20.0 Å². The van der Waals surface area contributed by atoms with Crippen LogP contribution in [0.1, 0.15) is 13.8 Å². The second-order valence-corrected chi connectivity index (χ2v) is 4.34. The second-order valence-electron chi connectivity index (χ2n) is 4.34. The molecule has 0 bridgehead atoms. The molecule has 0 aromatic carbocycles. The fourth-order valence-electron chi connectivity index (χ4n) is 1.14. The first kappa shape index (κ1) is 12.9. The summed E-state index contributed by atoms with van der Waals surface area (Å²) in [5.41, 5.74) is -0.981. The van der Waals surface area contributed by atoms with E-state index in [1.165, 1.54) is 0 Å². The Kier molecular flexibility index (Phi) is 4.26. The highest BCUT2D eigenvalue weighted by atomic mass is 16.6. The molecule has 0 saturated carbocycles. The van der Waals surface area contributed by atoms with Crippen molar-refractivity contribution >= 4 is 11.9 Å². The highest BCUT2D eigenvalue weighted by molar-refractivity contribution is 5.82. The average molecular weight is 231 g/mol. The van der Waals surface area contributed by atoms with Crippen LogP contribution in [0, 0.1) is 5.41 Å². The van der Waals surface area contributed by atoms with E-state index < -0.39 is 17.5 Å². The molecule has 92 valence electrons. The molecule has 16 heavy (non-hydrogen) atoms. The zero-order valence-electron chi connectivity index (χ0n) is 9.49. The number of hydrogen-bond donors (Lipinski definition) is 2. The Labute approximate surface area is 93.9 Å². The van der Waals surface area contributed by atoms with Crippen LogP contribution < -0.4 is 5.32 Å². The summed E-state index contributed by atoms with van der Waals surface area (Å²) < 4.78 is 10.3. The van der Waals surface area contributed by atoms with Crippen LogP contribution in [-0.2, 0) is 19.1 Å². The lowest BCUT2D eigenvalue weighted by Gasteiger charge is -2.24. The molecule has 1 unspecified atom stereocenters. The Hall–Kier alpha value is -1.14. The third kappa shape index (κ3) is 3.46. The van der Waals surface area contributed by atoms with Crippen molar-refractivity contribution in [3.05, 3.63) is 0 Å². The average Bonchev–Trinajstić information content (AvgIpc) is 2.27. The Morgan fingerprint density at radius 1 is 1.44 bits per heavy atom. The summed E-state index contributed by atoms with van der Waals surface area (Å²) in [5.74, 6) is -1.28. The van der Waals surface area contributed by atoms with Crippen LogP contribution in [0.15, 0.2) is 0 Å². The smallest absolute Gasteiger partial charge is 0.310 e. The molecule has 1 rings (SSSR count). The first-order chi connectivity index (χ1) is 7.43. The van der Waals surface area contributed by atoms with Crippen LogP contribution in [0.5, 0.6) is 0 Å². The van der Waals surface area contributed by atoms with Gasteiger partial charge in [0.05, 0.1) is 25.2 Å². The van der Waals surface area contributed by atoms with E-state index in [1.54, 1.807) is 13.8 Å². The minimum absolute atomic E-state index is 0.0705. The number of hydrogen-bond acceptors (Lipinski definition) is 4. The number of ether oxygens (including phenoxy) is 2. The molecule has 0 spiro atoms. The van der Waals surface area contributed by atoms with Crippen LogP contribution in [0.2, 0.25) is 0 Å². The summed E-state index contributed by atoms with van der Waals surface area (Å²) in [6.07, 6.45) is -0.627. The van der Waals surface area contributed by atoms with Gasteiger partial charge in [-0.2, -0.15) is 0 Å². The predicted octanol–water partition coefficient (Wildman–Crippen LogP) is -0.371.